The number of rotatable bonds is 2. The van der Waals surface area contributed by atoms with Crippen LogP contribution in [0.2, 0.25) is 10.0 Å². The fourth-order valence-corrected chi connectivity index (χ4v) is 1.82. The molecule has 0 radical (unpaired) electrons. The van der Waals surface area contributed by atoms with Crippen LogP contribution in [0.5, 0.6) is 0 Å². The Balaban J connectivity index is 2.21. The molecule has 1 aromatic heterocycles. The summed E-state index contributed by atoms with van der Waals surface area (Å²) in [7, 11) is 0. The zero-order valence-electron chi connectivity index (χ0n) is 8.50. The van der Waals surface area contributed by atoms with Crippen molar-refractivity contribution in [3.8, 4) is 0 Å². The van der Waals surface area contributed by atoms with Crippen LogP contribution in [-0.4, -0.2) is 16.1 Å². The molecule has 0 bridgehead atoms. The van der Waals surface area contributed by atoms with Gasteiger partial charge in [-0.1, -0.05) is 23.2 Å². The Labute approximate surface area is 107 Å². The molecule has 0 saturated carbocycles. The van der Waals surface area contributed by atoms with E-state index in [9.17, 15) is 4.79 Å². The normalized spacial score (nSPS) is 10.2. The van der Waals surface area contributed by atoms with E-state index in [1.807, 2.05) is 0 Å². The molecular weight excluding hydrogens is 263 g/mol. The lowest BCUT2D eigenvalue weighted by molar-refractivity contribution is 0.102. The van der Waals surface area contributed by atoms with Crippen LogP contribution in [0.1, 0.15) is 10.5 Å². The van der Waals surface area contributed by atoms with Crippen molar-refractivity contribution >= 4 is 40.5 Å². The number of amides is 1. The molecule has 0 aliphatic carbocycles. The van der Waals surface area contributed by atoms with Gasteiger partial charge in [0, 0.05) is 15.7 Å². The van der Waals surface area contributed by atoms with Crippen molar-refractivity contribution in [2.45, 2.75) is 0 Å². The fraction of sp³-hybridized carbons (Fsp3) is 0. The number of hydrogen-bond donors (Lipinski definition) is 3. The van der Waals surface area contributed by atoms with Gasteiger partial charge in [-0.2, -0.15) is 5.10 Å². The average molecular weight is 271 g/mol. The van der Waals surface area contributed by atoms with Gasteiger partial charge < -0.3 is 11.1 Å². The molecule has 0 fully saturated rings. The number of nitrogens with one attached hydrogen (secondary N) is 2. The summed E-state index contributed by atoms with van der Waals surface area (Å²) in [6.45, 7) is 0. The molecule has 4 N–H and O–H groups in total. The predicted molar refractivity (Wildman–Crippen MR) is 67.4 cm³/mol. The van der Waals surface area contributed by atoms with Gasteiger partial charge in [0.2, 0.25) is 0 Å². The topological polar surface area (TPSA) is 83.8 Å². The van der Waals surface area contributed by atoms with Crippen LogP contribution in [0.4, 0.5) is 11.4 Å². The Kier molecular flexibility index (Phi) is 3.21. The molecule has 0 saturated heterocycles. The Hall–Kier alpha value is -1.72. The smallest absolute Gasteiger partial charge is 0.275 e. The maximum atomic E-state index is 11.8. The highest BCUT2D eigenvalue weighted by Gasteiger charge is 2.12. The van der Waals surface area contributed by atoms with E-state index in [2.05, 4.69) is 15.5 Å². The van der Waals surface area contributed by atoms with Gasteiger partial charge >= 0.3 is 0 Å². The summed E-state index contributed by atoms with van der Waals surface area (Å²) in [4.78, 5) is 11.8. The van der Waals surface area contributed by atoms with E-state index in [-0.39, 0.29) is 11.4 Å². The first-order valence-electron chi connectivity index (χ1n) is 4.62. The van der Waals surface area contributed by atoms with Crippen molar-refractivity contribution in [3.05, 3.63) is 40.1 Å². The minimum atomic E-state index is -0.404. The second-order valence-electron chi connectivity index (χ2n) is 3.31. The van der Waals surface area contributed by atoms with Gasteiger partial charge in [-0.15, -0.1) is 0 Å². The third-order valence-electron chi connectivity index (χ3n) is 2.02. The van der Waals surface area contributed by atoms with E-state index in [4.69, 9.17) is 28.9 Å². The van der Waals surface area contributed by atoms with E-state index in [1.54, 1.807) is 18.2 Å². The molecule has 7 heteroatoms. The molecule has 2 rings (SSSR count). The second-order valence-corrected chi connectivity index (χ2v) is 4.19. The highest BCUT2D eigenvalue weighted by Crippen LogP contribution is 2.23. The van der Waals surface area contributed by atoms with Gasteiger partial charge in [-0.3, -0.25) is 9.89 Å². The molecule has 5 nitrogen and oxygen atoms in total. The molecule has 1 amide bonds. The molecule has 0 aliphatic rings. The van der Waals surface area contributed by atoms with Crippen molar-refractivity contribution in [2.75, 3.05) is 11.1 Å². The minimum Gasteiger partial charge on any atom is -0.396 e. The van der Waals surface area contributed by atoms with Crippen molar-refractivity contribution in [1.29, 1.82) is 0 Å². The summed E-state index contributed by atoms with van der Waals surface area (Å²) in [6.07, 6.45) is 1.36. The second kappa shape index (κ2) is 4.65. The number of aromatic amines is 1. The zero-order valence-corrected chi connectivity index (χ0v) is 10.0. The summed E-state index contributed by atoms with van der Waals surface area (Å²) in [5, 5.41) is 9.64. The lowest BCUT2D eigenvalue weighted by Crippen LogP contribution is -2.14. The lowest BCUT2D eigenvalue weighted by atomic mass is 10.3. The molecule has 0 unspecified atom stereocenters. The predicted octanol–water partition coefficient (Wildman–Crippen LogP) is 2.55. The largest absolute Gasteiger partial charge is 0.396 e. The third-order valence-corrected chi connectivity index (χ3v) is 2.45. The molecule has 0 atom stereocenters. The minimum absolute atomic E-state index is 0.195. The molecule has 2 aromatic rings. The first-order chi connectivity index (χ1) is 8.06. The highest BCUT2D eigenvalue weighted by molar-refractivity contribution is 6.35. The Morgan fingerprint density at radius 2 is 1.94 bits per heavy atom. The van der Waals surface area contributed by atoms with E-state index >= 15 is 0 Å². The third kappa shape index (κ3) is 2.69. The number of carbonyl (C=O) groups is 1. The summed E-state index contributed by atoms with van der Waals surface area (Å²) in [5.74, 6) is -0.404. The number of anilines is 2. The van der Waals surface area contributed by atoms with Crippen molar-refractivity contribution in [1.82, 2.24) is 10.2 Å². The Morgan fingerprint density at radius 3 is 2.47 bits per heavy atom. The first-order valence-corrected chi connectivity index (χ1v) is 5.38. The quantitative estimate of drug-likeness (QED) is 0.784. The number of hydrogen-bond acceptors (Lipinski definition) is 3. The maximum Gasteiger partial charge on any atom is 0.275 e. The number of aromatic nitrogens is 2. The molecule has 88 valence electrons. The fourth-order valence-electron chi connectivity index (χ4n) is 1.30. The number of carbonyl (C=O) groups excluding carboxylic acids is 1. The van der Waals surface area contributed by atoms with Crippen LogP contribution < -0.4 is 11.1 Å². The van der Waals surface area contributed by atoms with Gasteiger partial charge in [0.05, 0.1) is 11.9 Å². The van der Waals surface area contributed by atoms with E-state index in [0.29, 0.717) is 15.7 Å². The van der Waals surface area contributed by atoms with Gasteiger partial charge in [0.15, 0.2) is 0 Å². The van der Waals surface area contributed by atoms with Crippen LogP contribution in [0.15, 0.2) is 24.4 Å². The van der Waals surface area contributed by atoms with Crippen molar-refractivity contribution in [2.24, 2.45) is 0 Å². The van der Waals surface area contributed by atoms with E-state index in [0.717, 1.165) is 0 Å². The maximum absolute atomic E-state index is 11.8. The summed E-state index contributed by atoms with van der Waals surface area (Å²) < 4.78 is 0. The molecule has 0 spiro atoms. The zero-order chi connectivity index (χ0) is 12.4. The van der Waals surface area contributed by atoms with Gasteiger partial charge in [-0.05, 0) is 18.2 Å². The average Bonchev–Trinajstić information content (AvgIpc) is 2.62. The Morgan fingerprint density at radius 1 is 1.29 bits per heavy atom. The number of H-pyrrole nitrogens is 1. The van der Waals surface area contributed by atoms with Crippen molar-refractivity contribution in [3.63, 3.8) is 0 Å². The lowest BCUT2D eigenvalue weighted by Gasteiger charge is -2.05. The molecule has 17 heavy (non-hydrogen) atoms. The van der Waals surface area contributed by atoms with Crippen LogP contribution in [-0.2, 0) is 0 Å². The standard InChI is InChI=1S/C10H8Cl2N4O/c11-5-1-6(12)3-7(2-5)15-10(17)9-8(13)4-14-16-9/h1-4H,13H2,(H,14,16)(H,15,17). The van der Waals surface area contributed by atoms with Crippen LogP contribution in [0.3, 0.4) is 0 Å². The Bertz CT molecular complexity index is 547. The van der Waals surface area contributed by atoms with Crippen LogP contribution in [0.25, 0.3) is 0 Å². The SMILES string of the molecule is Nc1cn[nH]c1C(=O)Nc1cc(Cl)cc(Cl)c1. The molecule has 1 heterocycles. The van der Waals surface area contributed by atoms with Crippen LogP contribution in [0, 0.1) is 0 Å². The number of nitrogens with zero attached hydrogens (tertiary/aromatic N) is 1. The highest BCUT2D eigenvalue weighted by atomic mass is 35.5. The van der Waals surface area contributed by atoms with Crippen LogP contribution >= 0.6 is 23.2 Å². The number of nitrogen functional groups attached to an aromatic ring is 1. The number of benzene rings is 1. The number of nitrogens with two attached hydrogens (primary N) is 1. The summed E-state index contributed by atoms with van der Waals surface area (Å²) in [5.41, 5.74) is 6.50. The van der Waals surface area contributed by atoms with Crippen molar-refractivity contribution < 1.29 is 4.79 Å². The molecular formula is C10H8Cl2N4O. The van der Waals surface area contributed by atoms with Gasteiger partial charge in [0.1, 0.15) is 5.69 Å². The summed E-state index contributed by atoms with van der Waals surface area (Å²) in [6, 6.07) is 4.74. The van der Waals surface area contributed by atoms with E-state index < -0.39 is 5.91 Å². The molecule has 0 aliphatic heterocycles. The molecule has 1 aromatic carbocycles. The van der Waals surface area contributed by atoms with E-state index in [1.165, 1.54) is 6.20 Å². The number of halogens is 2. The summed E-state index contributed by atoms with van der Waals surface area (Å²) >= 11 is 11.6. The van der Waals surface area contributed by atoms with Gasteiger partial charge in [-0.25, -0.2) is 0 Å². The first kappa shape index (κ1) is 11.8. The van der Waals surface area contributed by atoms with Gasteiger partial charge in [0.25, 0.3) is 5.91 Å². The monoisotopic (exact) mass is 270 g/mol.